The average Bonchev–Trinajstić information content (AvgIpc) is 2.47. The molecule has 2 saturated heterocycles. The molecular formula is C12H21N3O5S. The molecule has 0 aromatic heterocycles. The number of amides is 1. The number of nitrogens with zero attached hydrogens (tertiary/aromatic N) is 3. The van der Waals surface area contributed by atoms with Crippen LogP contribution < -0.4 is 0 Å². The summed E-state index contributed by atoms with van der Waals surface area (Å²) in [5.41, 5.74) is 0. The van der Waals surface area contributed by atoms with E-state index in [2.05, 4.69) is 0 Å². The van der Waals surface area contributed by atoms with Gasteiger partial charge in [-0.2, -0.15) is 17.0 Å². The molecule has 2 fully saturated rings. The number of carbonyl (C=O) groups is 2. The van der Waals surface area contributed by atoms with Crippen molar-refractivity contribution in [2.24, 2.45) is 0 Å². The Bertz CT molecular complexity index is 513. The minimum absolute atomic E-state index is 0.0755. The molecule has 21 heavy (non-hydrogen) atoms. The molecule has 0 bridgehead atoms. The summed E-state index contributed by atoms with van der Waals surface area (Å²) in [6.07, 6.45) is 1.75. The molecule has 1 atom stereocenters. The average molecular weight is 319 g/mol. The first-order chi connectivity index (χ1) is 9.84. The summed E-state index contributed by atoms with van der Waals surface area (Å²) < 4.78 is 27.6. The van der Waals surface area contributed by atoms with Crippen LogP contribution in [0.15, 0.2) is 0 Å². The lowest BCUT2D eigenvalue weighted by Gasteiger charge is -2.39. The molecule has 9 heteroatoms. The number of carboxylic acids is 1. The van der Waals surface area contributed by atoms with Crippen LogP contribution >= 0.6 is 0 Å². The van der Waals surface area contributed by atoms with Crippen molar-refractivity contribution in [3.63, 3.8) is 0 Å². The molecule has 8 nitrogen and oxygen atoms in total. The fraction of sp³-hybridized carbons (Fsp3) is 0.833. The minimum atomic E-state index is -3.78. The van der Waals surface area contributed by atoms with Crippen LogP contribution in [0.1, 0.15) is 26.2 Å². The van der Waals surface area contributed by atoms with Crippen molar-refractivity contribution < 1.29 is 23.1 Å². The predicted molar refractivity (Wildman–Crippen MR) is 74.7 cm³/mol. The van der Waals surface area contributed by atoms with Crippen LogP contribution in [0.5, 0.6) is 0 Å². The number of rotatable bonds is 3. The van der Waals surface area contributed by atoms with E-state index in [4.69, 9.17) is 0 Å². The molecular weight excluding hydrogens is 298 g/mol. The van der Waals surface area contributed by atoms with Gasteiger partial charge in [0.05, 0.1) is 0 Å². The number of aliphatic carboxylic acids is 1. The molecule has 120 valence electrons. The first-order valence-corrected chi connectivity index (χ1v) is 8.49. The van der Waals surface area contributed by atoms with Crippen LogP contribution in [0.4, 0.5) is 0 Å². The van der Waals surface area contributed by atoms with E-state index in [0.29, 0.717) is 25.9 Å². The summed E-state index contributed by atoms with van der Waals surface area (Å²) >= 11 is 0. The quantitative estimate of drug-likeness (QED) is 0.744. The maximum Gasteiger partial charge on any atom is 0.322 e. The summed E-state index contributed by atoms with van der Waals surface area (Å²) in [6.45, 7) is 2.82. The van der Waals surface area contributed by atoms with Gasteiger partial charge in [0, 0.05) is 39.6 Å². The van der Waals surface area contributed by atoms with Gasteiger partial charge in [0.2, 0.25) is 5.91 Å². The maximum atomic E-state index is 12.6. The number of carbonyl (C=O) groups excluding carboxylic acids is 1. The normalized spacial score (nSPS) is 25.8. The van der Waals surface area contributed by atoms with Crippen molar-refractivity contribution in [2.75, 3.05) is 32.7 Å². The van der Waals surface area contributed by atoms with Crippen LogP contribution in [-0.4, -0.2) is 77.7 Å². The number of hydrogen-bond donors (Lipinski definition) is 1. The van der Waals surface area contributed by atoms with Crippen LogP contribution in [-0.2, 0) is 19.8 Å². The first kappa shape index (κ1) is 16.2. The third-order valence-corrected chi connectivity index (χ3v) is 6.09. The number of carboxylic acid groups (broad SMARTS) is 1. The smallest absolute Gasteiger partial charge is 0.322 e. The second-order valence-electron chi connectivity index (χ2n) is 5.37. The number of hydrogen-bond acceptors (Lipinski definition) is 4. The third kappa shape index (κ3) is 3.35. The highest BCUT2D eigenvalue weighted by Crippen LogP contribution is 2.23. The van der Waals surface area contributed by atoms with Crippen LogP contribution in [0.25, 0.3) is 0 Å². The largest absolute Gasteiger partial charge is 0.480 e. The Labute approximate surface area is 124 Å². The van der Waals surface area contributed by atoms with Crippen LogP contribution in [0, 0.1) is 0 Å². The molecule has 1 amide bonds. The van der Waals surface area contributed by atoms with E-state index in [1.807, 2.05) is 0 Å². The van der Waals surface area contributed by atoms with Gasteiger partial charge in [-0.15, -0.1) is 0 Å². The summed E-state index contributed by atoms with van der Waals surface area (Å²) in [6, 6.07) is -0.977. The highest BCUT2D eigenvalue weighted by molar-refractivity contribution is 7.86. The highest BCUT2D eigenvalue weighted by Gasteiger charge is 2.40. The summed E-state index contributed by atoms with van der Waals surface area (Å²) in [5.74, 6) is -1.17. The van der Waals surface area contributed by atoms with Gasteiger partial charge in [0.15, 0.2) is 0 Å². The van der Waals surface area contributed by atoms with E-state index < -0.39 is 22.2 Å². The maximum absolute atomic E-state index is 12.6. The number of piperidine rings is 1. The molecule has 2 aliphatic rings. The van der Waals surface area contributed by atoms with E-state index in [0.717, 1.165) is 10.7 Å². The number of piperazine rings is 1. The second-order valence-corrected chi connectivity index (χ2v) is 7.25. The van der Waals surface area contributed by atoms with E-state index >= 15 is 0 Å². The van der Waals surface area contributed by atoms with Crippen molar-refractivity contribution >= 4 is 22.1 Å². The van der Waals surface area contributed by atoms with Crippen molar-refractivity contribution in [3.05, 3.63) is 0 Å². The molecule has 1 unspecified atom stereocenters. The lowest BCUT2D eigenvalue weighted by atomic mass is 10.1. The van der Waals surface area contributed by atoms with E-state index in [1.165, 1.54) is 11.2 Å². The van der Waals surface area contributed by atoms with Gasteiger partial charge in [-0.3, -0.25) is 9.59 Å². The zero-order chi connectivity index (χ0) is 15.6. The zero-order valence-electron chi connectivity index (χ0n) is 12.1. The minimum Gasteiger partial charge on any atom is -0.480 e. The SMILES string of the molecule is CC(=O)N1CCN(S(=O)(=O)N2CCCCC2C(=O)O)CC1. The third-order valence-electron chi connectivity index (χ3n) is 4.05. The monoisotopic (exact) mass is 319 g/mol. The van der Waals surface area contributed by atoms with Gasteiger partial charge in [0.1, 0.15) is 6.04 Å². The molecule has 0 spiro atoms. The fourth-order valence-corrected chi connectivity index (χ4v) is 4.61. The van der Waals surface area contributed by atoms with Gasteiger partial charge >= 0.3 is 5.97 Å². The van der Waals surface area contributed by atoms with Crippen molar-refractivity contribution in [2.45, 2.75) is 32.2 Å². The zero-order valence-corrected chi connectivity index (χ0v) is 12.9. The van der Waals surface area contributed by atoms with Crippen molar-refractivity contribution in [3.8, 4) is 0 Å². The summed E-state index contributed by atoms with van der Waals surface area (Å²) in [5, 5.41) is 9.21. The molecule has 2 aliphatic heterocycles. The van der Waals surface area contributed by atoms with Gasteiger partial charge in [-0.05, 0) is 19.3 Å². The van der Waals surface area contributed by atoms with Gasteiger partial charge in [-0.25, -0.2) is 0 Å². The molecule has 2 heterocycles. The molecule has 0 radical (unpaired) electrons. The van der Waals surface area contributed by atoms with Crippen LogP contribution in [0.2, 0.25) is 0 Å². The summed E-state index contributed by atoms with van der Waals surface area (Å²) in [4.78, 5) is 24.1. The second kappa shape index (κ2) is 6.29. The lowest BCUT2D eigenvalue weighted by molar-refractivity contribution is -0.142. The van der Waals surface area contributed by atoms with Gasteiger partial charge in [0.25, 0.3) is 10.2 Å². The van der Waals surface area contributed by atoms with E-state index in [1.54, 1.807) is 4.90 Å². The molecule has 0 saturated carbocycles. The first-order valence-electron chi connectivity index (χ1n) is 7.09. The molecule has 0 aromatic rings. The topological polar surface area (TPSA) is 98.2 Å². The molecule has 1 N–H and O–H groups in total. The fourth-order valence-electron chi connectivity index (χ4n) is 2.81. The lowest BCUT2D eigenvalue weighted by Crippen LogP contribution is -2.57. The molecule has 2 rings (SSSR count). The standard InChI is InChI=1S/C12H21N3O5S/c1-10(16)13-6-8-14(9-7-13)21(19,20)15-5-3-2-4-11(15)12(17)18/h11H,2-9H2,1H3,(H,17,18). The van der Waals surface area contributed by atoms with Crippen molar-refractivity contribution in [1.29, 1.82) is 0 Å². The molecule has 0 aromatic carbocycles. The van der Waals surface area contributed by atoms with E-state index in [9.17, 15) is 23.1 Å². The van der Waals surface area contributed by atoms with Crippen LogP contribution in [0.3, 0.4) is 0 Å². The Morgan fingerprint density at radius 1 is 1.05 bits per heavy atom. The van der Waals surface area contributed by atoms with Gasteiger partial charge in [-0.1, -0.05) is 0 Å². The highest BCUT2D eigenvalue weighted by atomic mass is 32.2. The Kier molecular flexibility index (Phi) is 4.84. The van der Waals surface area contributed by atoms with Gasteiger partial charge < -0.3 is 10.0 Å². The Morgan fingerprint density at radius 2 is 1.67 bits per heavy atom. The Hall–Kier alpha value is -1.19. The van der Waals surface area contributed by atoms with Crippen molar-refractivity contribution in [1.82, 2.24) is 13.5 Å². The molecule has 0 aliphatic carbocycles. The Morgan fingerprint density at radius 3 is 2.19 bits per heavy atom. The summed E-state index contributed by atoms with van der Waals surface area (Å²) in [7, 11) is -3.78. The van der Waals surface area contributed by atoms with E-state index in [-0.39, 0.29) is 25.5 Å². The predicted octanol–water partition coefficient (Wildman–Crippen LogP) is -0.666. The Balaban J connectivity index is 2.10.